The summed E-state index contributed by atoms with van der Waals surface area (Å²) in [6.07, 6.45) is 4.75. The average molecular weight is 296 g/mol. The highest BCUT2D eigenvalue weighted by Crippen LogP contribution is 2.31. The summed E-state index contributed by atoms with van der Waals surface area (Å²) >= 11 is 0. The maximum Gasteiger partial charge on any atom is 0.223 e. The van der Waals surface area contributed by atoms with Gasteiger partial charge in [-0.15, -0.1) is 0 Å². The van der Waals surface area contributed by atoms with Crippen molar-refractivity contribution in [1.82, 2.24) is 9.88 Å². The fourth-order valence-corrected chi connectivity index (χ4v) is 3.05. The molecule has 0 saturated carbocycles. The van der Waals surface area contributed by atoms with Gasteiger partial charge in [-0.1, -0.05) is 24.3 Å². The number of phenols is 1. The predicted molar refractivity (Wildman–Crippen MR) is 84.4 cm³/mol. The van der Waals surface area contributed by atoms with Crippen molar-refractivity contribution in [3.8, 4) is 5.75 Å². The molecule has 1 saturated heterocycles. The smallest absolute Gasteiger partial charge is 0.223 e. The number of phenolic OH excluding ortho intramolecular Hbond substituents is 1. The van der Waals surface area contributed by atoms with E-state index in [4.69, 9.17) is 0 Å². The Balaban J connectivity index is 1.65. The Morgan fingerprint density at radius 2 is 2.05 bits per heavy atom. The molecule has 1 unspecified atom stereocenters. The van der Waals surface area contributed by atoms with E-state index in [1.54, 1.807) is 18.3 Å². The van der Waals surface area contributed by atoms with E-state index in [1.165, 1.54) is 0 Å². The topological polar surface area (TPSA) is 53.4 Å². The number of aromatic nitrogens is 1. The molecule has 3 rings (SSSR count). The van der Waals surface area contributed by atoms with Crippen molar-refractivity contribution in [1.29, 1.82) is 0 Å². The molecule has 4 heteroatoms. The Morgan fingerprint density at radius 1 is 1.23 bits per heavy atom. The van der Waals surface area contributed by atoms with Gasteiger partial charge in [-0.05, 0) is 43.0 Å². The predicted octanol–water partition coefficient (Wildman–Crippen LogP) is 3.08. The van der Waals surface area contributed by atoms with Gasteiger partial charge in [0.25, 0.3) is 0 Å². The summed E-state index contributed by atoms with van der Waals surface area (Å²) in [5.41, 5.74) is 1.79. The van der Waals surface area contributed by atoms with E-state index in [0.717, 1.165) is 30.6 Å². The lowest BCUT2D eigenvalue weighted by Gasteiger charge is -2.24. The molecule has 1 fully saturated rings. The van der Waals surface area contributed by atoms with Crippen molar-refractivity contribution in [2.24, 2.45) is 0 Å². The number of hydrogen-bond donors (Lipinski definition) is 1. The van der Waals surface area contributed by atoms with Crippen molar-refractivity contribution < 1.29 is 9.90 Å². The molecule has 0 bridgehead atoms. The zero-order valence-corrected chi connectivity index (χ0v) is 12.5. The Labute approximate surface area is 130 Å². The van der Waals surface area contributed by atoms with E-state index in [1.807, 2.05) is 35.2 Å². The first-order valence-corrected chi connectivity index (χ1v) is 7.73. The minimum Gasteiger partial charge on any atom is -0.508 e. The van der Waals surface area contributed by atoms with Crippen LogP contribution in [0.1, 0.15) is 36.6 Å². The van der Waals surface area contributed by atoms with Crippen LogP contribution in [0.15, 0.2) is 48.7 Å². The van der Waals surface area contributed by atoms with Gasteiger partial charge >= 0.3 is 0 Å². The van der Waals surface area contributed by atoms with Crippen LogP contribution in [0, 0.1) is 0 Å². The third-order valence-corrected chi connectivity index (χ3v) is 4.20. The van der Waals surface area contributed by atoms with E-state index in [0.29, 0.717) is 12.8 Å². The van der Waals surface area contributed by atoms with Crippen LogP contribution in [0.2, 0.25) is 0 Å². The van der Waals surface area contributed by atoms with E-state index < -0.39 is 0 Å². The normalized spacial score (nSPS) is 17.6. The fourth-order valence-electron chi connectivity index (χ4n) is 3.05. The average Bonchev–Trinajstić information content (AvgIpc) is 3.04. The number of aryl methyl sites for hydroxylation is 1. The molecular formula is C18H20N2O2. The van der Waals surface area contributed by atoms with Gasteiger partial charge in [-0.2, -0.15) is 0 Å². The van der Waals surface area contributed by atoms with E-state index in [-0.39, 0.29) is 17.7 Å². The first-order valence-electron chi connectivity index (χ1n) is 7.73. The zero-order chi connectivity index (χ0) is 15.4. The first-order chi connectivity index (χ1) is 10.8. The number of amides is 1. The second-order valence-electron chi connectivity index (χ2n) is 5.63. The third kappa shape index (κ3) is 3.11. The van der Waals surface area contributed by atoms with Crippen molar-refractivity contribution in [3.63, 3.8) is 0 Å². The number of likely N-dealkylation sites (tertiary alicyclic amines) is 1. The lowest BCUT2D eigenvalue weighted by molar-refractivity contribution is -0.132. The minimum absolute atomic E-state index is 0.0954. The zero-order valence-electron chi connectivity index (χ0n) is 12.5. The lowest BCUT2D eigenvalue weighted by Crippen LogP contribution is -2.31. The summed E-state index contributed by atoms with van der Waals surface area (Å²) in [5, 5.41) is 9.78. The Kier molecular flexibility index (Phi) is 4.37. The minimum atomic E-state index is 0.0954. The Hall–Kier alpha value is -2.36. The summed E-state index contributed by atoms with van der Waals surface area (Å²) < 4.78 is 0. The number of carbonyl (C=O) groups excluding carboxylic acids is 1. The van der Waals surface area contributed by atoms with Gasteiger partial charge in [-0.3, -0.25) is 9.78 Å². The monoisotopic (exact) mass is 296 g/mol. The maximum absolute atomic E-state index is 12.5. The van der Waals surface area contributed by atoms with Crippen LogP contribution in [-0.2, 0) is 11.2 Å². The molecule has 2 heterocycles. The lowest BCUT2D eigenvalue weighted by atomic mass is 10.1. The third-order valence-electron chi connectivity index (χ3n) is 4.20. The maximum atomic E-state index is 12.5. The molecule has 114 valence electrons. The second-order valence-corrected chi connectivity index (χ2v) is 5.63. The number of rotatable bonds is 4. The van der Waals surface area contributed by atoms with Gasteiger partial charge in [0, 0.05) is 19.2 Å². The molecular weight excluding hydrogens is 276 g/mol. The molecule has 2 aromatic rings. The van der Waals surface area contributed by atoms with Gasteiger partial charge in [0.15, 0.2) is 0 Å². The highest BCUT2D eigenvalue weighted by molar-refractivity contribution is 5.77. The molecule has 1 N–H and O–H groups in total. The van der Waals surface area contributed by atoms with E-state index in [9.17, 15) is 9.90 Å². The van der Waals surface area contributed by atoms with Gasteiger partial charge < -0.3 is 10.0 Å². The molecule has 1 aliphatic rings. The molecule has 0 radical (unpaired) electrons. The Morgan fingerprint density at radius 3 is 2.82 bits per heavy atom. The van der Waals surface area contributed by atoms with Crippen LogP contribution >= 0.6 is 0 Å². The summed E-state index contributed by atoms with van der Waals surface area (Å²) in [6, 6.07) is 13.1. The van der Waals surface area contributed by atoms with Crippen LogP contribution in [0.25, 0.3) is 0 Å². The molecule has 0 aliphatic carbocycles. The quantitative estimate of drug-likeness (QED) is 0.943. The molecule has 4 nitrogen and oxygen atoms in total. The Bertz CT molecular complexity index is 643. The van der Waals surface area contributed by atoms with Crippen molar-refractivity contribution in [2.45, 2.75) is 31.7 Å². The highest BCUT2D eigenvalue weighted by atomic mass is 16.3. The van der Waals surface area contributed by atoms with Gasteiger partial charge in [0.2, 0.25) is 5.91 Å². The fraction of sp³-hybridized carbons (Fsp3) is 0.333. The van der Waals surface area contributed by atoms with Crippen LogP contribution in [0.5, 0.6) is 5.75 Å². The van der Waals surface area contributed by atoms with E-state index >= 15 is 0 Å². The summed E-state index contributed by atoms with van der Waals surface area (Å²) in [5.74, 6) is 0.398. The van der Waals surface area contributed by atoms with Gasteiger partial charge in [0.05, 0.1) is 11.7 Å². The summed E-state index contributed by atoms with van der Waals surface area (Å²) in [7, 11) is 0. The summed E-state index contributed by atoms with van der Waals surface area (Å²) in [6.45, 7) is 0.793. The molecule has 1 aromatic heterocycles. The highest BCUT2D eigenvalue weighted by Gasteiger charge is 2.30. The van der Waals surface area contributed by atoms with E-state index in [2.05, 4.69) is 4.98 Å². The number of para-hydroxylation sites is 1. The van der Waals surface area contributed by atoms with Crippen molar-refractivity contribution in [3.05, 3.63) is 59.9 Å². The number of benzene rings is 1. The summed E-state index contributed by atoms with van der Waals surface area (Å²) in [4.78, 5) is 18.9. The number of carbonyl (C=O) groups is 1. The first kappa shape index (κ1) is 14.6. The molecule has 1 amide bonds. The molecule has 0 spiro atoms. The van der Waals surface area contributed by atoms with Crippen molar-refractivity contribution in [2.75, 3.05) is 6.54 Å². The molecule has 1 atom stereocenters. The standard InChI is InChI=1S/C18H20N2O2/c21-17-9-2-1-6-14(17)10-11-18(22)20-13-5-8-16(20)15-7-3-4-12-19-15/h1-4,6-7,9,12,16,21H,5,8,10-11,13H2. The van der Waals surface area contributed by atoms with Crippen LogP contribution in [0.3, 0.4) is 0 Å². The number of hydrogen-bond acceptors (Lipinski definition) is 3. The SMILES string of the molecule is O=C(CCc1ccccc1O)N1CCCC1c1ccccn1. The van der Waals surface area contributed by atoms with Gasteiger partial charge in [0.1, 0.15) is 5.75 Å². The molecule has 1 aromatic carbocycles. The number of nitrogens with zero attached hydrogens (tertiary/aromatic N) is 2. The molecule has 1 aliphatic heterocycles. The number of pyridine rings is 1. The largest absolute Gasteiger partial charge is 0.508 e. The van der Waals surface area contributed by atoms with Crippen molar-refractivity contribution >= 4 is 5.91 Å². The number of aromatic hydroxyl groups is 1. The van der Waals surface area contributed by atoms with Crippen LogP contribution in [0.4, 0.5) is 0 Å². The van der Waals surface area contributed by atoms with Crippen LogP contribution in [-0.4, -0.2) is 27.4 Å². The van der Waals surface area contributed by atoms with Crippen LogP contribution < -0.4 is 0 Å². The second kappa shape index (κ2) is 6.60. The molecule has 22 heavy (non-hydrogen) atoms. The van der Waals surface area contributed by atoms with Gasteiger partial charge in [-0.25, -0.2) is 0 Å².